The van der Waals surface area contributed by atoms with Crippen LogP contribution in [-0.4, -0.2) is 27.5 Å². The van der Waals surface area contributed by atoms with E-state index in [-0.39, 0.29) is 0 Å². The van der Waals surface area contributed by atoms with Crippen LogP contribution in [0.2, 0.25) is 0 Å². The molecular weight excluding hydrogens is 296 g/mol. The number of fused-ring (bicyclic) bond motifs is 2. The predicted molar refractivity (Wildman–Crippen MR) is 103 cm³/mol. The fourth-order valence-electron chi connectivity index (χ4n) is 3.71. The molecule has 0 aliphatic carbocycles. The van der Waals surface area contributed by atoms with Gasteiger partial charge in [0.25, 0.3) is 0 Å². The van der Waals surface area contributed by atoms with Gasteiger partial charge >= 0.3 is 0 Å². The van der Waals surface area contributed by atoms with Gasteiger partial charge in [-0.2, -0.15) is 0 Å². The molecule has 2 aliphatic rings. The van der Waals surface area contributed by atoms with E-state index in [4.69, 9.17) is 9.97 Å². The number of aromatic nitrogens is 3. The second-order valence-electron chi connectivity index (χ2n) is 6.10. The molecular formula is C20H32N4. The monoisotopic (exact) mass is 328 g/mol. The summed E-state index contributed by atoms with van der Waals surface area (Å²) in [5.41, 5.74) is 3.34. The van der Waals surface area contributed by atoms with Crippen molar-refractivity contribution in [2.24, 2.45) is 0 Å². The first kappa shape index (κ1) is 18.6. The number of aryl methyl sites for hydroxylation is 2. The van der Waals surface area contributed by atoms with Crippen molar-refractivity contribution in [2.75, 3.05) is 11.4 Å². The maximum atomic E-state index is 4.78. The maximum Gasteiger partial charge on any atom is 0.142 e. The Balaban J connectivity index is 0.000000487. The average Bonchev–Trinajstić information content (AvgIpc) is 2.83. The van der Waals surface area contributed by atoms with Crippen molar-refractivity contribution in [1.82, 2.24) is 15.0 Å². The van der Waals surface area contributed by atoms with Gasteiger partial charge in [-0.15, -0.1) is 0 Å². The van der Waals surface area contributed by atoms with E-state index in [0.29, 0.717) is 6.04 Å². The van der Waals surface area contributed by atoms with Crippen LogP contribution >= 0.6 is 0 Å². The number of hydrogen-bond acceptors (Lipinski definition) is 4. The van der Waals surface area contributed by atoms with E-state index in [0.717, 1.165) is 35.8 Å². The van der Waals surface area contributed by atoms with Gasteiger partial charge in [0.15, 0.2) is 0 Å². The van der Waals surface area contributed by atoms with E-state index in [1.54, 1.807) is 0 Å². The van der Waals surface area contributed by atoms with Gasteiger partial charge in [-0.1, -0.05) is 40.5 Å². The first-order valence-corrected chi connectivity index (χ1v) is 9.64. The van der Waals surface area contributed by atoms with Crippen LogP contribution in [0.1, 0.15) is 70.6 Å². The average molecular weight is 329 g/mol. The topological polar surface area (TPSA) is 41.9 Å². The minimum absolute atomic E-state index is 0.580. The Kier molecular flexibility index (Phi) is 6.52. The van der Waals surface area contributed by atoms with Crippen LogP contribution in [0.15, 0.2) is 6.07 Å². The molecule has 0 radical (unpaired) electrons. The van der Waals surface area contributed by atoms with Crippen molar-refractivity contribution in [3.8, 4) is 0 Å². The molecule has 1 unspecified atom stereocenters. The summed E-state index contributed by atoms with van der Waals surface area (Å²) in [4.78, 5) is 16.7. The third kappa shape index (κ3) is 3.52. The standard InChI is InChI=1S/C16H20N4.2C2H6/c1-10-8-13-15-14(17-10)9-12-6-4-3-5-7-20(12)16(15)19-11(2)18-13;2*1-2/h8,12H,3-7,9H2,1-2H3;2*1-2H3. The summed E-state index contributed by atoms with van der Waals surface area (Å²) >= 11 is 0. The minimum Gasteiger partial charge on any atom is -0.353 e. The molecule has 0 N–H and O–H groups in total. The molecule has 4 heterocycles. The molecule has 24 heavy (non-hydrogen) atoms. The molecule has 0 aromatic carbocycles. The molecule has 0 amide bonds. The second kappa shape index (κ2) is 8.41. The number of anilines is 1. The lowest BCUT2D eigenvalue weighted by molar-refractivity contribution is 0.551. The lowest BCUT2D eigenvalue weighted by Gasteiger charge is -2.36. The zero-order valence-corrected chi connectivity index (χ0v) is 16.2. The van der Waals surface area contributed by atoms with Crippen LogP contribution in [-0.2, 0) is 6.42 Å². The first-order valence-electron chi connectivity index (χ1n) is 9.64. The molecule has 2 aromatic heterocycles. The highest BCUT2D eigenvalue weighted by Gasteiger charge is 2.31. The Labute approximate surface area is 146 Å². The summed E-state index contributed by atoms with van der Waals surface area (Å²) < 4.78 is 0. The van der Waals surface area contributed by atoms with Crippen LogP contribution in [0, 0.1) is 13.8 Å². The van der Waals surface area contributed by atoms with Gasteiger partial charge in [-0.25, -0.2) is 9.97 Å². The van der Waals surface area contributed by atoms with Gasteiger partial charge in [0.2, 0.25) is 0 Å². The van der Waals surface area contributed by atoms with Gasteiger partial charge in [0.1, 0.15) is 11.6 Å². The number of rotatable bonds is 0. The zero-order valence-electron chi connectivity index (χ0n) is 16.2. The van der Waals surface area contributed by atoms with Crippen LogP contribution in [0.4, 0.5) is 5.82 Å². The van der Waals surface area contributed by atoms with E-state index >= 15 is 0 Å². The minimum atomic E-state index is 0.580. The SMILES string of the molecule is CC.CC.Cc1cc2nc(C)nc3c2c(n1)CC1CCCCCN31. The quantitative estimate of drug-likeness (QED) is 0.682. The van der Waals surface area contributed by atoms with Crippen LogP contribution < -0.4 is 4.90 Å². The van der Waals surface area contributed by atoms with Gasteiger partial charge in [-0.3, -0.25) is 4.98 Å². The fraction of sp³-hybridized carbons (Fsp3) is 0.650. The lowest BCUT2D eigenvalue weighted by atomic mass is 9.97. The third-order valence-corrected chi connectivity index (χ3v) is 4.55. The Morgan fingerprint density at radius 1 is 0.958 bits per heavy atom. The van der Waals surface area contributed by atoms with Crippen molar-refractivity contribution >= 4 is 16.7 Å². The molecule has 0 bridgehead atoms. The number of pyridine rings is 1. The van der Waals surface area contributed by atoms with Crippen molar-refractivity contribution < 1.29 is 0 Å². The summed E-state index contributed by atoms with van der Waals surface area (Å²) in [5.74, 6) is 2.00. The molecule has 4 rings (SSSR count). The summed E-state index contributed by atoms with van der Waals surface area (Å²) in [6.07, 6.45) is 6.26. The molecule has 1 saturated heterocycles. The lowest BCUT2D eigenvalue weighted by Crippen LogP contribution is -2.40. The highest BCUT2D eigenvalue weighted by atomic mass is 15.2. The van der Waals surface area contributed by atoms with Crippen molar-refractivity contribution in [3.63, 3.8) is 0 Å². The van der Waals surface area contributed by atoms with E-state index in [2.05, 4.69) is 22.9 Å². The zero-order chi connectivity index (χ0) is 17.7. The summed E-state index contributed by atoms with van der Waals surface area (Å²) in [6, 6.07) is 2.67. The largest absolute Gasteiger partial charge is 0.353 e. The second-order valence-corrected chi connectivity index (χ2v) is 6.10. The Hall–Kier alpha value is -1.71. The van der Waals surface area contributed by atoms with Crippen molar-refractivity contribution in [2.45, 2.75) is 79.7 Å². The number of nitrogens with zero attached hydrogens (tertiary/aromatic N) is 4. The van der Waals surface area contributed by atoms with Gasteiger partial charge in [0.05, 0.1) is 16.6 Å². The Morgan fingerprint density at radius 2 is 1.71 bits per heavy atom. The number of hydrogen-bond donors (Lipinski definition) is 0. The van der Waals surface area contributed by atoms with E-state index in [9.17, 15) is 0 Å². The molecule has 4 nitrogen and oxygen atoms in total. The maximum absolute atomic E-state index is 4.78. The normalized spacial score (nSPS) is 18.6. The predicted octanol–water partition coefficient (Wildman–Crippen LogP) is 5.00. The van der Waals surface area contributed by atoms with Crippen molar-refractivity contribution in [1.29, 1.82) is 0 Å². The van der Waals surface area contributed by atoms with Crippen LogP contribution in [0.5, 0.6) is 0 Å². The molecule has 2 aromatic rings. The van der Waals surface area contributed by atoms with Gasteiger partial charge in [-0.05, 0) is 32.8 Å². The fourth-order valence-corrected chi connectivity index (χ4v) is 3.71. The first-order chi connectivity index (χ1) is 11.7. The summed E-state index contributed by atoms with van der Waals surface area (Å²) in [7, 11) is 0. The highest BCUT2D eigenvalue weighted by Crippen LogP contribution is 2.36. The molecule has 0 spiro atoms. The van der Waals surface area contributed by atoms with Crippen LogP contribution in [0.3, 0.4) is 0 Å². The third-order valence-electron chi connectivity index (χ3n) is 4.55. The molecule has 0 saturated carbocycles. The highest BCUT2D eigenvalue weighted by molar-refractivity contribution is 5.93. The molecule has 1 atom stereocenters. The van der Waals surface area contributed by atoms with Crippen molar-refractivity contribution in [3.05, 3.63) is 23.3 Å². The molecule has 132 valence electrons. The van der Waals surface area contributed by atoms with Gasteiger partial charge < -0.3 is 4.90 Å². The Morgan fingerprint density at radius 3 is 2.46 bits per heavy atom. The van der Waals surface area contributed by atoms with E-state index in [1.807, 2.05) is 34.6 Å². The Bertz CT molecular complexity index is 676. The summed E-state index contributed by atoms with van der Waals surface area (Å²) in [6.45, 7) is 13.2. The molecule has 1 fully saturated rings. The van der Waals surface area contributed by atoms with E-state index < -0.39 is 0 Å². The molecule has 2 aliphatic heterocycles. The molecule has 4 heteroatoms. The van der Waals surface area contributed by atoms with E-state index in [1.165, 1.54) is 36.8 Å². The summed E-state index contributed by atoms with van der Waals surface area (Å²) in [5, 5.41) is 1.19. The van der Waals surface area contributed by atoms with Gasteiger partial charge in [0, 0.05) is 24.7 Å². The van der Waals surface area contributed by atoms with Crippen LogP contribution in [0.25, 0.3) is 10.9 Å². The smallest absolute Gasteiger partial charge is 0.142 e.